The van der Waals surface area contributed by atoms with Crippen molar-refractivity contribution >= 4 is 76.3 Å². The first-order valence-electron chi connectivity index (χ1n) is 8.09. The Hall–Kier alpha value is 1.10. The Morgan fingerprint density at radius 2 is 1.08 bits per heavy atom. The van der Waals surface area contributed by atoms with Gasteiger partial charge in [-0.2, -0.15) is 0 Å². The lowest BCUT2D eigenvalue weighted by Gasteiger charge is -2.28. The van der Waals surface area contributed by atoms with Crippen molar-refractivity contribution in [2.75, 3.05) is 64.1 Å². The summed E-state index contributed by atoms with van der Waals surface area (Å²) in [6.07, 6.45) is 2.45. The van der Waals surface area contributed by atoms with Gasteiger partial charge in [0.05, 0.1) is 26.4 Å². The molecule has 0 atom stereocenters. The van der Waals surface area contributed by atoms with Crippen LogP contribution in [0.3, 0.4) is 0 Å². The second-order valence-electron chi connectivity index (χ2n) is 5.25. The molecule has 0 unspecified atom stereocenters. The number of nitrogens with zero attached hydrogens (tertiary/aromatic N) is 2. The summed E-state index contributed by atoms with van der Waals surface area (Å²) in [7, 11) is 7.22. The SMILES string of the molecule is S=C(SSCCCCSSC(=S)N1CCOCC1)N1CCOCC1. The average Bonchev–Trinajstić information content (AvgIpc) is 2.65. The van der Waals surface area contributed by atoms with E-state index in [1.54, 1.807) is 21.6 Å². The van der Waals surface area contributed by atoms with E-state index < -0.39 is 0 Å². The third kappa shape index (κ3) is 8.66. The third-order valence-electron chi connectivity index (χ3n) is 3.50. The summed E-state index contributed by atoms with van der Waals surface area (Å²) in [6, 6.07) is 0. The zero-order valence-electron chi connectivity index (χ0n) is 13.6. The van der Waals surface area contributed by atoms with E-state index in [0.29, 0.717) is 0 Å². The minimum absolute atomic E-state index is 0.798. The molecule has 2 heterocycles. The number of ether oxygens (including phenoxy) is 2. The molecule has 0 amide bonds. The van der Waals surface area contributed by atoms with Crippen molar-refractivity contribution in [1.29, 1.82) is 0 Å². The normalized spacial score (nSPS) is 18.7. The largest absolute Gasteiger partial charge is 0.378 e. The Bertz CT molecular complexity index is 353. The van der Waals surface area contributed by atoms with Gasteiger partial charge in [-0.15, -0.1) is 0 Å². The predicted octanol–water partition coefficient (Wildman–Crippen LogP) is 3.76. The highest BCUT2D eigenvalue weighted by atomic mass is 33.1. The summed E-state index contributed by atoms with van der Waals surface area (Å²) >= 11 is 10.9. The highest BCUT2D eigenvalue weighted by Crippen LogP contribution is 2.29. The molecule has 0 spiro atoms. The summed E-state index contributed by atoms with van der Waals surface area (Å²) in [5.41, 5.74) is 0. The fourth-order valence-electron chi connectivity index (χ4n) is 2.10. The molecular weight excluding hydrogens is 421 g/mol. The standard InChI is InChI=1S/C14H24N2O2S6/c19-13(15-3-7-17-8-4-15)23-21-11-1-2-12-22-24-14(20)16-5-9-18-10-6-16/h1-12H2. The number of hydrogen-bond acceptors (Lipinski definition) is 8. The molecule has 2 fully saturated rings. The monoisotopic (exact) mass is 444 g/mol. The van der Waals surface area contributed by atoms with Gasteiger partial charge in [0, 0.05) is 37.7 Å². The zero-order chi connectivity index (χ0) is 17.0. The molecule has 0 radical (unpaired) electrons. The molecular formula is C14H24N2O2S6. The van der Waals surface area contributed by atoms with Crippen molar-refractivity contribution in [1.82, 2.24) is 9.80 Å². The maximum Gasteiger partial charge on any atom is 0.147 e. The first-order chi connectivity index (χ1) is 11.8. The van der Waals surface area contributed by atoms with Crippen molar-refractivity contribution in [3.63, 3.8) is 0 Å². The number of morpholine rings is 2. The molecule has 0 aliphatic carbocycles. The molecule has 2 aliphatic heterocycles. The minimum atomic E-state index is 0.798. The van der Waals surface area contributed by atoms with Crippen LogP contribution in [0.15, 0.2) is 0 Å². The smallest absolute Gasteiger partial charge is 0.147 e. The van der Waals surface area contributed by atoms with Crippen LogP contribution in [0.1, 0.15) is 12.8 Å². The molecule has 138 valence electrons. The van der Waals surface area contributed by atoms with Crippen LogP contribution < -0.4 is 0 Å². The van der Waals surface area contributed by atoms with E-state index in [-0.39, 0.29) is 0 Å². The van der Waals surface area contributed by atoms with E-state index in [1.165, 1.54) is 12.8 Å². The van der Waals surface area contributed by atoms with E-state index in [9.17, 15) is 0 Å². The first-order valence-corrected chi connectivity index (χ1v) is 13.5. The molecule has 4 nitrogen and oxygen atoms in total. The van der Waals surface area contributed by atoms with E-state index in [1.807, 2.05) is 21.6 Å². The molecule has 2 aliphatic rings. The van der Waals surface area contributed by atoms with Gasteiger partial charge in [0.15, 0.2) is 0 Å². The Balaban J connectivity index is 1.40. The van der Waals surface area contributed by atoms with Crippen LogP contribution >= 0.6 is 67.6 Å². The van der Waals surface area contributed by atoms with Crippen molar-refractivity contribution in [3.8, 4) is 0 Å². The summed E-state index contributed by atoms with van der Waals surface area (Å²) in [6.45, 7) is 6.93. The van der Waals surface area contributed by atoms with Gasteiger partial charge in [0.1, 0.15) is 8.64 Å². The molecule has 0 aromatic rings. The van der Waals surface area contributed by atoms with E-state index >= 15 is 0 Å². The van der Waals surface area contributed by atoms with E-state index in [4.69, 9.17) is 33.9 Å². The molecule has 10 heteroatoms. The molecule has 2 rings (SSSR count). The lowest BCUT2D eigenvalue weighted by Crippen LogP contribution is -2.38. The number of thiocarbonyl (C=S) groups is 2. The lowest BCUT2D eigenvalue weighted by molar-refractivity contribution is 0.0702. The van der Waals surface area contributed by atoms with Gasteiger partial charge in [0.25, 0.3) is 0 Å². The maximum absolute atomic E-state index is 5.46. The Morgan fingerprint density at radius 1 is 0.708 bits per heavy atom. The molecule has 0 bridgehead atoms. The fourth-order valence-corrected chi connectivity index (χ4v) is 7.37. The van der Waals surface area contributed by atoms with Gasteiger partial charge in [-0.05, 0) is 34.4 Å². The summed E-state index contributed by atoms with van der Waals surface area (Å²) in [4.78, 5) is 4.49. The summed E-state index contributed by atoms with van der Waals surface area (Å²) in [5.74, 6) is 2.29. The predicted molar refractivity (Wildman–Crippen MR) is 119 cm³/mol. The average molecular weight is 445 g/mol. The molecule has 0 saturated carbocycles. The van der Waals surface area contributed by atoms with Crippen molar-refractivity contribution in [2.45, 2.75) is 12.8 Å². The molecule has 0 aromatic carbocycles. The molecule has 2 saturated heterocycles. The molecule has 0 N–H and O–H groups in total. The van der Waals surface area contributed by atoms with Crippen molar-refractivity contribution in [2.24, 2.45) is 0 Å². The lowest BCUT2D eigenvalue weighted by atomic mass is 10.4. The molecule has 0 aromatic heterocycles. The minimum Gasteiger partial charge on any atom is -0.378 e. The summed E-state index contributed by atoms with van der Waals surface area (Å²) < 4.78 is 12.7. The van der Waals surface area contributed by atoms with Crippen LogP contribution in [0, 0.1) is 0 Å². The van der Waals surface area contributed by atoms with Gasteiger partial charge in [-0.3, -0.25) is 0 Å². The number of unbranched alkanes of at least 4 members (excludes halogenated alkanes) is 1. The van der Waals surface area contributed by atoms with Gasteiger partial charge in [0.2, 0.25) is 0 Å². The molecule has 24 heavy (non-hydrogen) atoms. The Kier molecular flexibility index (Phi) is 11.9. The number of hydrogen-bond donors (Lipinski definition) is 0. The van der Waals surface area contributed by atoms with Crippen LogP contribution in [-0.4, -0.2) is 82.6 Å². The van der Waals surface area contributed by atoms with Crippen LogP contribution in [0.4, 0.5) is 0 Å². The Morgan fingerprint density at radius 3 is 1.46 bits per heavy atom. The van der Waals surface area contributed by atoms with Gasteiger partial charge >= 0.3 is 0 Å². The van der Waals surface area contributed by atoms with Crippen LogP contribution in [0.25, 0.3) is 0 Å². The van der Waals surface area contributed by atoms with Crippen molar-refractivity contribution < 1.29 is 9.47 Å². The Labute approximate surface area is 171 Å². The second kappa shape index (κ2) is 13.3. The quantitative estimate of drug-likeness (QED) is 0.328. The number of rotatable bonds is 7. The van der Waals surface area contributed by atoms with E-state index in [2.05, 4.69) is 9.80 Å². The second-order valence-corrected chi connectivity index (χ2v) is 11.3. The first kappa shape index (κ1) is 21.4. The van der Waals surface area contributed by atoms with Crippen molar-refractivity contribution in [3.05, 3.63) is 0 Å². The highest BCUT2D eigenvalue weighted by molar-refractivity contribution is 8.84. The van der Waals surface area contributed by atoms with Gasteiger partial charge < -0.3 is 19.3 Å². The summed E-state index contributed by atoms with van der Waals surface area (Å²) in [5, 5.41) is 0. The topological polar surface area (TPSA) is 24.9 Å². The van der Waals surface area contributed by atoms with Gasteiger partial charge in [-0.1, -0.05) is 46.0 Å². The highest BCUT2D eigenvalue weighted by Gasteiger charge is 2.15. The van der Waals surface area contributed by atoms with Gasteiger partial charge in [-0.25, -0.2) is 0 Å². The van der Waals surface area contributed by atoms with E-state index in [0.717, 1.165) is 72.8 Å². The zero-order valence-corrected chi connectivity index (χ0v) is 18.5. The third-order valence-corrected chi connectivity index (χ3v) is 9.76. The van der Waals surface area contributed by atoms with Crippen LogP contribution in [-0.2, 0) is 9.47 Å². The fraction of sp³-hybridized carbons (Fsp3) is 0.857. The van der Waals surface area contributed by atoms with Crippen LogP contribution in [0.2, 0.25) is 0 Å². The maximum atomic E-state index is 5.46. The van der Waals surface area contributed by atoms with Crippen LogP contribution in [0.5, 0.6) is 0 Å².